The van der Waals surface area contributed by atoms with Crippen molar-refractivity contribution in [3.63, 3.8) is 0 Å². The fourth-order valence-corrected chi connectivity index (χ4v) is 3.25. The maximum Gasteiger partial charge on any atom is 0.265 e. The first kappa shape index (κ1) is 14.6. The fourth-order valence-electron chi connectivity index (χ4n) is 3.03. The molecule has 0 spiro atoms. The van der Waals surface area contributed by atoms with Crippen molar-refractivity contribution < 1.29 is 14.4 Å². The molecule has 2 amide bonds. The van der Waals surface area contributed by atoms with Crippen molar-refractivity contribution in [3.8, 4) is 0 Å². The van der Waals surface area contributed by atoms with E-state index in [-0.39, 0.29) is 0 Å². The van der Waals surface area contributed by atoms with Gasteiger partial charge in [0.1, 0.15) is 6.29 Å². The molecule has 4 rings (SSSR count). The summed E-state index contributed by atoms with van der Waals surface area (Å²) in [6.07, 6.45) is 0.677. The summed E-state index contributed by atoms with van der Waals surface area (Å²) in [4.78, 5) is 37.9. The molecule has 0 saturated carbocycles. The Kier molecular flexibility index (Phi) is 3.22. The van der Waals surface area contributed by atoms with Gasteiger partial charge in [-0.2, -0.15) is 0 Å². The van der Waals surface area contributed by atoms with E-state index in [0.29, 0.717) is 44.5 Å². The molecular weight excluding hydrogens is 326 g/mol. The molecule has 0 N–H and O–H groups in total. The molecule has 4 nitrogen and oxygen atoms in total. The number of carbonyl (C=O) groups is 3. The molecule has 0 aliphatic carbocycles. The van der Waals surface area contributed by atoms with Crippen molar-refractivity contribution in [1.82, 2.24) is 0 Å². The number of imide groups is 1. The average molecular weight is 336 g/mol. The van der Waals surface area contributed by atoms with E-state index < -0.39 is 11.8 Å². The molecule has 0 unspecified atom stereocenters. The van der Waals surface area contributed by atoms with Crippen LogP contribution in [0, 0.1) is 0 Å². The average Bonchev–Trinajstić information content (AvgIpc) is 2.61. The van der Waals surface area contributed by atoms with E-state index in [9.17, 15) is 14.4 Å². The number of nitrogens with zero attached hydrogens (tertiary/aromatic N) is 1. The van der Waals surface area contributed by atoms with Crippen LogP contribution >= 0.6 is 11.6 Å². The van der Waals surface area contributed by atoms with Crippen molar-refractivity contribution in [2.75, 3.05) is 4.90 Å². The van der Waals surface area contributed by atoms with Crippen LogP contribution in [0.1, 0.15) is 31.1 Å². The minimum atomic E-state index is -0.427. The third-order valence-corrected chi connectivity index (χ3v) is 4.45. The minimum absolute atomic E-state index is 0.368. The van der Waals surface area contributed by atoms with E-state index in [1.54, 1.807) is 48.5 Å². The number of aldehydes is 1. The summed E-state index contributed by atoms with van der Waals surface area (Å²) in [6.45, 7) is 0. The molecule has 0 fully saturated rings. The predicted molar refractivity (Wildman–Crippen MR) is 91.9 cm³/mol. The van der Waals surface area contributed by atoms with Crippen LogP contribution in [0.5, 0.6) is 0 Å². The fraction of sp³-hybridized carbons (Fsp3) is 0. The summed E-state index contributed by atoms with van der Waals surface area (Å²) in [7, 11) is 0. The third kappa shape index (κ3) is 1.97. The Balaban J connectivity index is 1.98. The summed E-state index contributed by atoms with van der Waals surface area (Å²) in [5.74, 6) is -0.855. The van der Waals surface area contributed by atoms with E-state index in [0.717, 1.165) is 4.90 Å². The lowest BCUT2D eigenvalue weighted by molar-refractivity contribution is 0.0892. The number of carbonyl (C=O) groups excluding carboxylic acids is 3. The quantitative estimate of drug-likeness (QED) is 0.523. The highest BCUT2D eigenvalue weighted by Gasteiger charge is 2.34. The second-order valence-electron chi connectivity index (χ2n) is 5.48. The number of rotatable bonds is 2. The van der Waals surface area contributed by atoms with E-state index in [4.69, 9.17) is 11.6 Å². The Morgan fingerprint density at radius 3 is 2.33 bits per heavy atom. The molecule has 0 saturated heterocycles. The largest absolute Gasteiger partial charge is 0.298 e. The van der Waals surface area contributed by atoms with Gasteiger partial charge in [-0.25, -0.2) is 4.90 Å². The molecule has 1 heterocycles. The van der Waals surface area contributed by atoms with Gasteiger partial charge in [0.15, 0.2) is 0 Å². The Bertz CT molecular complexity index is 1020. The van der Waals surface area contributed by atoms with E-state index >= 15 is 0 Å². The number of hydrogen-bond acceptors (Lipinski definition) is 3. The molecule has 3 aromatic rings. The monoisotopic (exact) mass is 335 g/mol. The maximum absolute atomic E-state index is 12.9. The van der Waals surface area contributed by atoms with Crippen LogP contribution in [-0.2, 0) is 0 Å². The molecule has 1 aliphatic rings. The maximum atomic E-state index is 12.9. The van der Waals surface area contributed by atoms with Gasteiger partial charge in [0.05, 0.1) is 5.69 Å². The first-order valence-electron chi connectivity index (χ1n) is 7.27. The topological polar surface area (TPSA) is 54.5 Å². The summed E-state index contributed by atoms with van der Waals surface area (Å²) in [5.41, 5.74) is 1.60. The molecular formula is C19H10ClNO3. The number of halogens is 1. The Morgan fingerprint density at radius 2 is 1.58 bits per heavy atom. The van der Waals surface area contributed by atoms with Gasteiger partial charge in [-0.05, 0) is 30.3 Å². The summed E-state index contributed by atoms with van der Waals surface area (Å²) in [6, 6.07) is 14.9. The zero-order valence-electron chi connectivity index (χ0n) is 12.3. The lowest BCUT2D eigenvalue weighted by atomic mass is 9.93. The Labute approximate surface area is 142 Å². The lowest BCUT2D eigenvalue weighted by Crippen LogP contribution is -2.40. The third-order valence-electron chi connectivity index (χ3n) is 4.12. The van der Waals surface area contributed by atoms with Gasteiger partial charge in [-0.3, -0.25) is 14.4 Å². The minimum Gasteiger partial charge on any atom is -0.298 e. The van der Waals surface area contributed by atoms with Crippen molar-refractivity contribution in [1.29, 1.82) is 0 Å². The normalized spacial score (nSPS) is 13.5. The number of hydrogen-bond donors (Lipinski definition) is 0. The van der Waals surface area contributed by atoms with Gasteiger partial charge >= 0.3 is 0 Å². The van der Waals surface area contributed by atoms with Crippen LogP contribution in [0.4, 0.5) is 5.69 Å². The summed E-state index contributed by atoms with van der Waals surface area (Å²) < 4.78 is 0. The van der Waals surface area contributed by atoms with Gasteiger partial charge in [-0.1, -0.05) is 35.9 Å². The number of anilines is 1. The van der Waals surface area contributed by atoms with Crippen LogP contribution in [-0.4, -0.2) is 18.1 Å². The Hall–Kier alpha value is -2.98. The zero-order chi connectivity index (χ0) is 16.8. The smallest absolute Gasteiger partial charge is 0.265 e. The highest BCUT2D eigenvalue weighted by Crippen LogP contribution is 2.35. The molecule has 0 atom stereocenters. The molecule has 116 valence electrons. The highest BCUT2D eigenvalue weighted by atomic mass is 35.5. The van der Waals surface area contributed by atoms with Crippen LogP contribution in [0.3, 0.4) is 0 Å². The second-order valence-corrected chi connectivity index (χ2v) is 5.89. The van der Waals surface area contributed by atoms with Crippen LogP contribution in [0.15, 0.2) is 54.6 Å². The van der Waals surface area contributed by atoms with Gasteiger partial charge in [0, 0.05) is 32.5 Å². The number of amides is 2. The molecule has 0 bridgehead atoms. The first-order valence-corrected chi connectivity index (χ1v) is 7.65. The van der Waals surface area contributed by atoms with Crippen molar-refractivity contribution in [2.24, 2.45) is 0 Å². The molecule has 3 aromatic carbocycles. The van der Waals surface area contributed by atoms with Crippen LogP contribution in [0.2, 0.25) is 5.02 Å². The predicted octanol–water partition coefficient (Wildman–Crippen LogP) is 4.11. The molecule has 1 aliphatic heterocycles. The number of benzene rings is 3. The van der Waals surface area contributed by atoms with E-state index in [1.165, 1.54) is 6.07 Å². The van der Waals surface area contributed by atoms with Crippen molar-refractivity contribution in [3.05, 3.63) is 76.3 Å². The molecule has 0 radical (unpaired) electrons. The van der Waals surface area contributed by atoms with E-state index in [2.05, 4.69) is 0 Å². The lowest BCUT2D eigenvalue weighted by Gasteiger charge is -2.27. The van der Waals surface area contributed by atoms with Gasteiger partial charge in [0.25, 0.3) is 11.8 Å². The summed E-state index contributed by atoms with van der Waals surface area (Å²) >= 11 is 6.20. The van der Waals surface area contributed by atoms with Gasteiger partial charge in [0.2, 0.25) is 0 Å². The highest BCUT2D eigenvalue weighted by molar-refractivity contribution is 6.40. The Morgan fingerprint density at radius 1 is 0.875 bits per heavy atom. The first-order chi connectivity index (χ1) is 11.6. The second kappa shape index (κ2) is 5.28. The van der Waals surface area contributed by atoms with Crippen molar-refractivity contribution in [2.45, 2.75) is 0 Å². The van der Waals surface area contributed by atoms with E-state index in [1.807, 2.05) is 0 Å². The van der Waals surface area contributed by atoms with Crippen LogP contribution < -0.4 is 4.90 Å². The summed E-state index contributed by atoms with van der Waals surface area (Å²) in [5, 5.41) is 1.74. The van der Waals surface area contributed by atoms with Crippen molar-refractivity contribution >= 4 is 46.2 Å². The molecule has 24 heavy (non-hydrogen) atoms. The molecule has 5 heteroatoms. The van der Waals surface area contributed by atoms with Gasteiger partial charge in [-0.15, -0.1) is 0 Å². The van der Waals surface area contributed by atoms with Gasteiger partial charge < -0.3 is 0 Å². The SMILES string of the molecule is O=Cc1cccc(N2C(=O)c3cccc4c(Cl)ccc(c34)C2=O)c1. The standard InChI is InChI=1S/C19H10ClNO3/c20-16-8-7-15-17-13(16)5-2-6-14(17)18(23)21(19(15)24)12-4-1-3-11(9-12)10-22/h1-10H. The van der Waals surface area contributed by atoms with Crippen LogP contribution in [0.25, 0.3) is 10.8 Å². The zero-order valence-corrected chi connectivity index (χ0v) is 13.1. The molecule has 0 aromatic heterocycles.